The Labute approximate surface area is 104 Å². The van der Waals surface area contributed by atoms with Gasteiger partial charge < -0.3 is 5.32 Å². The summed E-state index contributed by atoms with van der Waals surface area (Å²) in [5.41, 5.74) is 0.317. The Bertz CT molecular complexity index is 586. The van der Waals surface area contributed by atoms with Crippen LogP contribution in [0.15, 0.2) is 12.3 Å². The predicted molar refractivity (Wildman–Crippen MR) is 63.5 cm³/mol. The van der Waals surface area contributed by atoms with Gasteiger partial charge in [-0.3, -0.25) is 4.79 Å². The van der Waals surface area contributed by atoms with E-state index in [0.29, 0.717) is 12.0 Å². The van der Waals surface area contributed by atoms with Crippen LogP contribution in [-0.2, 0) is 9.84 Å². The van der Waals surface area contributed by atoms with Gasteiger partial charge in [-0.15, -0.1) is 0 Å². The molecular formula is C11H13FN2O3S. The molecule has 1 aromatic rings. The number of nitrogens with zero attached hydrogens (tertiary/aromatic N) is 1. The van der Waals surface area contributed by atoms with Crippen LogP contribution in [-0.4, -0.2) is 36.9 Å². The van der Waals surface area contributed by atoms with E-state index < -0.39 is 27.6 Å². The van der Waals surface area contributed by atoms with E-state index in [9.17, 15) is 17.6 Å². The van der Waals surface area contributed by atoms with E-state index in [2.05, 4.69) is 10.3 Å². The second-order valence-electron chi connectivity index (χ2n) is 4.42. The van der Waals surface area contributed by atoms with Crippen LogP contribution in [0.3, 0.4) is 0 Å². The van der Waals surface area contributed by atoms with Gasteiger partial charge in [-0.05, 0) is 25.0 Å². The minimum absolute atomic E-state index is 0.0573. The summed E-state index contributed by atoms with van der Waals surface area (Å²) in [6, 6.07) is 0.762. The molecule has 1 aliphatic heterocycles. The third kappa shape index (κ3) is 2.84. The van der Waals surface area contributed by atoms with Crippen molar-refractivity contribution in [2.24, 2.45) is 0 Å². The minimum Gasteiger partial charge on any atom is -0.347 e. The SMILES string of the molecule is Cc1cnc(C(=O)NC2CCS(=O)(=O)C2)c(F)c1. The number of nitrogens with one attached hydrogen (secondary N) is 1. The summed E-state index contributed by atoms with van der Waals surface area (Å²) in [6.07, 6.45) is 1.75. The highest BCUT2D eigenvalue weighted by atomic mass is 32.2. The number of carbonyl (C=O) groups excluding carboxylic acids is 1. The van der Waals surface area contributed by atoms with Gasteiger partial charge in [-0.2, -0.15) is 0 Å². The summed E-state index contributed by atoms with van der Waals surface area (Å²) in [4.78, 5) is 15.5. The van der Waals surface area contributed by atoms with Gasteiger partial charge in [0.1, 0.15) is 0 Å². The van der Waals surface area contributed by atoms with Gasteiger partial charge in [-0.25, -0.2) is 17.8 Å². The number of aromatic nitrogens is 1. The summed E-state index contributed by atoms with van der Waals surface area (Å²) in [5, 5.41) is 2.49. The first-order valence-electron chi connectivity index (χ1n) is 5.51. The van der Waals surface area contributed by atoms with Crippen LogP contribution in [0, 0.1) is 12.7 Å². The van der Waals surface area contributed by atoms with Crippen molar-refractivity contribution in [1.29, 1.82) is 0 Å². The van der Waals surface area contributed by atoms with Crippen molar-refractivity contribution in [3.8, 4) is 0 Å². The maximum Gasteiger partial charge on any atom is 0.273 e. The zero-order valence-corrected chi connectivity index (χ0v) is 10.6. The predicted octanol–water partition coefficient (Wildman–Crippen LogP) is 0.446. The van der Waals surface area contributed by atoms with Crippen LogP contribution in [0.25, 0.3) is 0 Å². The Morgan fingerprint density at radius 2 is 2.28 bits per heavy atom. The smallest absolute Gasteiger partial charge is 0.273 e. The van der Waals surface area contributed by atoms with Crippen LogP contribution in [0.5, 0.6) is 0 Å². The number of aryl methyl sites for hydroxylation is 1. The van der Waals surface area contributed by atoms with E-state index in [1.807, 2.05) is 0 Å². The number of halogens is 1. The molecule has 1 unspecified atom stereocenters. The fraction of sp³-hybridized carbons (Fsp3) is 0.455. The topological polar surface area (TPSA) is 76.1 Å². The lowest BCUT2D eigenvalue weighted by Gasteiger charge is -2.10. The van der Waals surface area contributed by atoms with Crippen molar-refractivity contribution in [2.75, 3.05) is 11.5 Å². The lowest BCUT2D eigenvalue weighted by atomic mass is 10.2. The average molecular weight is 272 g/mol. The molecule has 0 spiro atoms. The molecule has 7 heteroatoms. The van der Waals surface area contributed by atoms with Crippen molar-refractivity contribution in [3.63, 3.8) is 0 Å². The molecule has 98 valence electrons. The molecule has 0 aromatic carbocycles. The Morgan fingerprint density at radius 3 is 2.83 bits per heavy atom. The Hall–Kier alpha value is -1.50. The average Bonchev–Trinajstić information content (AvgIpc) is 2.57. The number of amides is 1. The fourth-order valence-corrected chi connectivity index (χ4v) is 3.54. The third-order valence-electron chi connectivity index (χ3n) is 2.76. The molecular weight excluding hydrogens is 259 g/mol. The molecule has 5 nitrogen and oxygen atoms in total. The van der Waals surface area contributed by atoms with E-state index in [1.54, 1.807) is 6.92 Å². The van der Waals surface area contributed by atoms with Crippen molar-refractivity contribution >= 4 is 15.7 Å². The molecule has 1 fully saturated rings. The van der Waals surface area contributed by atoms with Gasteiger partial charge in [0.25, 0.3) is 5.91 Å². The summed E-state index contributed by atoms with van der Waals surface area (Å²) in [7, 11) is -3.07. The van der Waals surface area contributed by atoms with Crippen LogP contribution in [0.4, 0.5) is 4.39 Å². The first kappa shape index (κ1) is 12.9. The lowest BCUT2D eigenvalue weighted by molar-refractivity contribution is 0.0931. The zero-order chi connectivity index (χ0) is 13.3. The van der Waals surface area contributed by atoms with Crippen molar-refractivity contribution < 1.29 is 17.6 Å². The standard InChI is InChI=1S/C11H13FN2O3S/c1-7-4-9(12)10(13-5-7)11(15)14-8-2-3-18(16,17)6-8/h4-5,8H,2-3,6H2,1H3,(H,14,15). The number of sulfone groups is 1. The van der Waals surface area contributed by atoms with Crippen molar-refractivity contribution in [3.05, 3.63) is 29.3 Å². The minimum atomic E-state index is -3.07. The Morgan fingerprint density at radius 1 is 1.56 bits per heavy atom. The first-order valence-corrected chi connectivity index (χ1v) is 7.33. The maximum absolute atomic E-state index is 13.5. The summed E-state index contributed by atoms with van der Waals surface area (Å²) in [6.45, 7) is 1.67. The number of carbonyl (C=O) groups is 1. The summed E-state index contributed by atoms with van der Waals surface area (Å²) in [5.74, 6) is -1.41. The molecule has 0 saturated carbocycles. The van der Waals surface area contributed by atoms with Gasteiger partial charge in [0.15, 0.2) is 21.3 Å². The second-order valence-corrected chi connectivity index (χ2v) is 6.65. The lowest BCUT2D eigenvalue weighted by Crippen LogP contribution is -2.36. The molecule has 1 aliphatic rings. The van der Waals surface area contributed by atoms with Crippen LogP contribution in [0.1, 0.15) is 22.5 Å². The highest BCUT2D eigenvalue weighted by molar-refractivity contribution is 7.91. The number of hydrogen-bond donors (Lipinski definition) is 1. The number of hydrogen-bond acceptors (Lipinski definition) is 4. The van der Waals surface area contributed by atoms with E-state index in [4.69, 9.17) is 0 Å². The normalized spacial score (nSPS) is 21.8. The monoisotopic (exact) mass is 272 g/mol. The van der Waals surface area contributed by atoms with Crippen LogP contribution >= 0.6 is 0 Å². The molecule has 1 saturated heterocycles. The maximum atomic E-state index is 13.5. The first-order chi connectivity index (χ1) is 8.37. The van der Waals surface area contributed by atoms with E-state index >= 15 is 0 Å². The molecule has 1 N–H and O–H groups in total. The fourth-order valence-electron chi connectivity index (χ4n) is 1.86. The molecule has 1 atom stereocenters. The molecule has 1 aromatic heterocycles. The van der Waals surface area contributed by atoms with E-state index in [-0.39, 0.29) is 17.2 Å². The van der Waals surface area contributed by atoms with Gasteiger partial charge in [0.05, 0.1) is 11.5 Å². The van der Waals surface area contributed by atoms with Crippen molar-refractivity contribution in [2.45, 2.75) is 19.4 Å². The molecule has 0 aliphatic carbocycles. The van der Waals surface area contributed by atoms with Crippen molar-refractivity contribution in [1.82, 2.24) is 10.3 Å². The molecule has 0 bridgehead atoms. The molecule has 1 amide bonds. The third-order valence-corrected chi connectivity index (χ3v) is 4.53. The molecule has 0 radical (unpaired) electrons. The summed E-state index contributed by atoms with van der Waals surface area (Å²) >= 11 is 0. The highest BCUT2D eigenvalue weighted by Crippen LogP contribution is 2.13. The molecule has 18 heavy (non-hydrogen) atoms. The van der Waals surface area contributed by atoms with Gasteiger partial charge in [-0.1, -0.05) is 0 Å². The largest absolute Gasteiger partial charge is 0.347 e. The van der Waals surface area contributed by atoms with E-state index in [1.165, 1.54) is 12.3 Å². The highest BCUT2D eigenvalue weighted by Gasteiger charge is 2.29. The van der Waals surface area contributed by atoms with Crippen LogP contribution in [0.2, 0.25) is 0 Å². The Balaban J connectivity index is 2.09. The van der Waals surface area contributed by atoms with Gasteiger partial charge in [0.2, 0.25) is 0 Å². The second kappa shape index (κ2) is 4.64. The Kier molecular flexibility index (Phi) is 3.34. The molecule has 2 rings (SSSR count). The van der Waals surface area contributed by atoms with Gasteiger partial charge >= 0.3 is 0 Å². The quantitative estimate of drug-likeness (QED) is 0.848. The van der Waals surface area contributed by atoms with Gasteiger partial charge in [0, 0.05) is 12.2 Å². The summed E-state index contributed by atoms with van der Waals surface area (Å²) < 4.78 is 35.9. The van der Waals surface area contributed by atoms with Crippen LogP contribution < -0.4 is 5.32 Å². The van der Waals surface area contributed by atoms with E-state index in [0.717, 1.165) is 0 Å². The zero-order valence-electron chi connectivity index (χ0n) is 9.81. The molecule has 2 heterocycles. The number of pyridine rings is 1. The number of rotatable bonds is 2.